The van der Waals surface area contributed by atoms with Crippen LogP contribution < -0.4 is 0 Å². The largest absolute Gasteiger partial charge is 0.279 e. The Labute approximate surface area is 107 Å². The van der Waals surface area contributed by atoms with Crippen LogP contribution in [-0.2, 0) is 10.8 Å². The highest BCUT2D eigenvalue weighted by molar-refractivity contribution is 5.79. The maximum absolute atomic E-state index is 14.2. The van der Waals surface area contributed by atoms with Crippen molar-refractivity contribution < 1.29 is 4.39 Å². The van der Waals surface area contributed by atoms with E-state index in [4.69, 9.17) is 0 Å². The minimum atomic E-state index is -0.320. The van der Waals surface area contributed by atoms with Crippen LogP contribution in [0.3, 0.4) is 0 Å². The number of nitrogens with zero attached hydrogens (tertiary/aromatic N) is 2. The SMILES string of the molecule is CC(C)(C)c1nc2n[nH]c(C(C)(C)C)c2cc1F. The van der Waals surface area contributed by atoms with Crippen LogP contribution in [0.15, 0.2) is 6.07 Å². The average Bonchev–Trinajstić information content (AvgIpc) is 2.56. The van der Waals surface area contributed by atoms with E-state index in [0.717, 1.165) is 11.1 Å². The van der Waals surface area contributed by atoms with Gasteiger partial charge in [-0.25, -0.2) is 9.37 Å². The van der Waals surface area contributed by atoms with E-state index >= 15 is 0 Å². The molecular weight excluding hydrogens is 229 g/mol. The van der Waals surface area contributed by atoms with Gasteiger partial charge in [0.15, 0.2) is 5.65 Å². The Morgan fingerprint density at radius 2 is 1.67 bits per heavy atom. The quantitative estimate of drug-likeness (QED) is 0.773. The van der Waals surface area contributed by atoms with Crippen molar-refractivity contribution in [3.8, 4) is 0 Å². The van der Waals surface area contributed by atoms with Crippen LogP contribution in [0.2, 0.25) is 0 Å². The first-order chi connectivity index (χ1) is 8.10. The predicted octanol–water partition coefficient (Wildman–Crippen LogP) is 3.69. The summed E-state index contributed by atoms with van der Waals surface area (Å²) in [7, 11) is 0. The predicted molar refractivity (Wildman–Crippen MR) is 71.2 cm³/mol. The van der Waals surface area contributed by atoms with Gasteiger partial charge in [0.05, 0.1) is 11.4 Å². The van der Waals surface area contributed by atoms with Crippen LogP contribution in [0.4, 0.5) is 4.39 Å². The molecule has 0 amide bonds. The molecule has 0 aliphatic heterocycles. The molecule has 2 aromatic heterocycles. The molecule has 0 aliphatic carbocycles. The third kappa shape index (κ3) is 2.11. The van der Waals surface area contributed by atoms with Crippen LogP contribution in [0.25, 0.3) is 11.0 Å². The number of aromatic nitrogens is 3. The Balaban J connectivity index is 2.71. The molecule has 0 fully saturated rings. The average molecular weight is 249 g/mol. The molecule has 2 heterocycles. The molecule has 0 saturated heterocycles. The normalized spacial score (nSPS) is 13.3. The molecule has 0 bridgehead atoms. The molecule has 2 rings (SSSR count). The summed E-state index contributed by atoms with van der Waals surface area (Å²) < 4.78 is 14.2. The first kappa shape index (κ1) is 13.0. The Hall–Kier alpha value is -1.45. The van der Waals surface area contributed by atoms with E-state index in [1.165, 1.54) is 0 Å². The van der Waals surface area contributed by atoms with Crippen LogP contribution >= 0.6 is 0 Å². The zero-order valence-electron chi connectivity index (χ0n) is 11.8. The van der Waals surface area contributed by atoms with E-state index in [1.54, 1.807) is 6.07 Å². The number of halogens is 1. The first-order valence-electron chi connectivity index (χ1n) is 6.16. The Kier molecular flexibility index (Phi) is 2.72. The van der Waals surface area contributed by atoms with Gasteiger partial charge in [-0.2, -0.15) is 5.10 Å². The van der Waals surface area contributed by atoms with Gasteiger partial charge in [0.2, 0.25) is 0 Å². The van der Waals surface area contributed by atoms with Crippen molar-refractivity contribution in [3.63, 3.8) is 0 Å². The smallest absolute Gasteiger partial charge is 0.181 e. The van der Waals surface area contributed by atoms with Crippen molar-refractivity contribution in [3.05, 3.63) is 23.3 Å². The summed E-state index contributed by atoms with van der Waals surface area (Å²) in [5.74, 6) is -0.262. The highest BCUT2D eigenvalue weighted by Gasteiger charge is 2.25. The van der Waals surface area contributed by atoms with Crippen molar-refractivity contribution in [1.29, 1.82) is 0 Å². The molecule has 2 aromatic rings. The summed E-state index contributed by atoms with van der Waals surface area (Å²) in [6, 6.07) is 1.55. The maximum atomic E-state index is 14.2. The fourth-order valence-corrected chi connectivity index (χ4v) is 2.02. The molecule has 18 heavy (non-hydrogen) atoms. The molecule has 1 N–H and O–H groups in total. The van der Waals surface area contributed by atoms with Crippen LogP contribution in [0.5, 0.6) is 0 Å². The van der Waals surface area contributed by atoms with E-state index in [-0.39, 0.29) is 16.6 Å². The van der Waals surface area contributed by atoms with Crippen LogP contribution in [0.1, 0.15) is 52.9 Å². The summed E-state index contributed by atoms with van der Waals surface area (Å²) in [5.41, 5.74) is 1.54. The topological polar surface area (TPSA) is 41.6 Å². The zero-order valence-corrected chi connectivity index (χ0v) is 11.8. The molecular formula is C14H20FN3. The van der Waals surface area contributed by atoms with Crippen LogP contribution in [-0.4, -0.2) is 15.2 Å². The van der Waals surface area contributed by atoms with Gasteiger partial charge < -0.3 is 0 Å². The monoisotopic (exact) mass is 249 g/mol. The minimum Gasteiger partial charge on any atom is -0.279 e. The Morgan fingerprint density at radius 3 is 2.17 bits per heavy atom. The number of rotatable bonds is 0. The van der Waals surface area contributed by atoms with Crippen LogP contribution in [0, 0.1) is 5.82 Å². The lowest BCUT2D eigenvalue weighted by Crippen LogP contribution is -2.16. The van der Waals surface area contributed by atoms with E-state index in [2.05, 4.69) is 36.0 Å². The summed E-state index contributed by atoms with van der Waals surface area (Å²) in [6.45, 7) is 12.0. The lowest BCUT2D eigenvalue weighted by Gasteiger charge is -2.19. The summed E-state index contributed by atoms with van der Waals surface area (Å²) in [6.07, 6.45) is 0. The second-order valence-corrected chi connectivity index (χ2v) is 6.79. The molecule has 0 aliphatic rings. The van der Waals surface area contributed by atoms with Gasteiger partial charge in [-0.3, -0.25) is 5.10 Å². The summed E-state index contributed by atoms with van der Waals surface area (Å²) in [5, 5.41) is 7.95. The van der Waals surface area contributed by atoms with E-state index < -0.39 is 0 Å². The van der Waals surface area contributed by atoms with Crippen molar-refractivity contribution in [2.45, 2.75) is 52.4 Å². The van der Waals surface area contributed by atoms with Crippen molar-refractivity contribution in [2.24, 2.45) is 0 Å². The van der Waals surface area contributed by atoms with Gasteiger partial charge in [-0.15, -0.1) is 0 Å². The molecule has 0 unspecified atom stereocenters. The van der Waals surface area contributed by atoms with Crippen molar-refractivity contribution in [2.75, 3.05) is 0 Å². The molecule has 3 nitrogen and oxygen atoms in total. The number of H-pyrrole nitrogens is 1. The lowest BCUT2D eigenvalue weighted by atomic mass is 9.88. The standard InChI is InChI=1S/C14H20FN3/c1-13(2,3)10-8-7-9(15)11(14(4,5)6)16-12(8)18-17-10/h7H,1-6H3,(H,16,17,18). The van der Waals surface area contributed by atoms with Gasteiger partial charge in [0.25, 0.3) is 0 Å². The zero-order chi connectivity index (χ0) is 13.7. The Bertz CT molecular complexity index is 585. The minimum absolute atomic E-state index is 0.105. The molecule has 98 valence electrons. The van der Waals surface area contributed by atoms with E-state index in [9.17, 15) is 4.39 Å². The van der Waals surface area contributed by atoms with Crippen molar-refractivity contribution in [1.82, 2.24) is 15.2 Å². The lowest BCUT2D eigenvalue weighted by molar-refractivity contribution is 0.506. The second-order valence-electron chi connectivity index (χ2n) is 6.79. The third-order valence-electron chi connectivity index (χ3n) is 2.96. The van der Waals surface area contributed by atoms with Crippen molar-refractivity contribution >= 4 is 11.0 Å². The molecule has 0 aromatic carbocycles. The number of nitrogens with one attached hydrogen (secondary N) is 1. The molecule has 0 spiro atoms. The molecule has 0 atom stereocenters. The maximum Gasteiger partial charge on any atom is 0.181 e. The van der Waals surface area contributed by atoms with Gasteiger partial charge in [-0.05, 0) is 6.07 Å². The number of hydrogen-bond donors (Lipinski definition) is 1. The summed E-state index contributed by atoms with van der Waals surface area (Å²) >= 11 is 0. The number of pyridine rings is 1. The fourth-order valence-electron chi connectivity index (χ4n) is 2.02. The number of aromatic amines is 1. The number of fused-ring (bicyclic) bond motifs is 1. The highest BCUT2D eigenvalue weighted by Crippen LogP contribution is 2.30. The molecule has 0 radical (unpaired) electrons. The third-order valence-corrected chi connectivity index (χ3v) is 2.96. The molecule has 0 saturated carbocycles. The fraction of sp³-hybridized carbons (Fsp3) is 0.571. The number of hydrogen-bond acceptors (Lipinski definition) is 2. The Morgan fingerprint density at radius 1 is 1.06 bits per heavy atom. The highest BCUT2D eigenvalue weighted by atomic mass is 19.1. The first-order valence-corrected chi connectivity index (χ1v) is 6.16. The van der Waals surface area contributed by atoms with E-state index in [0.29, 0.717) is 11.3 Å². The van der Waals surface area contributed by atoms with Gasteiger partial charge in [0.1, 0.15) is 5.82 Å². The second kappa shape index (κ2) is 3.77. The van der Waals surface area contributed by atoms with Gasteiger partial charge in [0, 0.05) is 16.2 Å². The van der Waals surface area contributed by atoms with E-state index in [1.807, 2.05) is 20.8 Å². The summed E-state index contributed by atoms with van der Waals surface area (Å²) in [4.78, 5) is 4.36. The van der Waals surface area contributed by atoms with Gasteiger partial charge in [-0.1, -0.05) is 41.5 Å². The van der Waals surface area contributed by atoms with Gasteiger partial charge >= 0.3 is 0 Å². The molecule has 4 heteroatoms.